The lowest BCUT2D eigenvalue weighted by atomic mass is 10.1. The third-order valence-corrected chi connectivity index (χ3v) is 4.04. The molecule has 3 N–H and O–H groups in total. The topological polar surface area (TPSA) is 96.5 Å². The van der Waals surface area contributed by atoms with Crippen molar-refractivity contribution in [3.63, 3.8) is 0 Å². The predicted octanol–water partition coefficient (Wildman–Crippen LogP) is 2.49. The van der Waals surface area contributed by atoms with Gasteiger partial charge in [-0.25, -0.2) is 0 Å². The summed E-state index contributed by atoms with van der Waals surface area (Å²) in [5.74, 6) is -0.838. The highest BCUT2D eigenvalue weighted by Gasteiger charge is 2.13. The van der Waals surface area contributed by atoms with E-state index in [4.69, 9.17) is 4.74 Å². The van der Waals surface area contributed by atoms with Crippen molar-refractivity contribution in [3.05, 3.63) is 59.2 Å². The minimum atomic E-state index is -0.500. The first-order valence-electron chi connectivity index (χ1n) is 8.50. The van der Waals surface area contributed by atoms with E-state index in [0.29, 0.717) is 17.0 Å². The normalized spacial score (nSPS) is 10.0. The Kier molecular flexibility index (Phi) is 6.93. The molecule has 0 aliphatic heterocycles. The Morgan fingerprint density at radius 1 is 0.889 bits per heavy atom. The van der Waals surface area contributed by atoms with Crippen molar-refractivity contribution in [2.45, 2.75) is 26.7 Å². The van der Waals surface area contributed by atoms with Crippen molar-refractivity contribution in [1.82, 2.24) is 10.9 Å². The summed E-state index contributed by atoms with van der Waals surface area (Å²) in [5, 5.41) is 2.75. The van der Waals surface area contributed by atoms with E-state index in [1.807, 2.05) is 32.0 Å². The van der Waals surface area contributed by atoms with Crippen LogP contribution in [0, 0.1) is 13.8 Å². The van der Waals surface area contributed by atoms with Crippen LogP contribution in [0.25, 0.3) is 0 Å². The molecule has 0 atom stereocenters. The number of ether oxygens (including phenoxy) is 1. The Labute approximate surface area is 158 Å². The summed E-state index contributed by atoms with van der Waals surface area (Å²) < 4.78 is 5.10. The second kappa shape index (κ2) is 9.38. The number of hydrogen-bond acceptors (Lipinski definition) is 4. The van der Waals surface area contributed by atoms with Crippen molar-refractivity contribution < 1.29 is 19.1 Å². The van der Waals surface area contributed by atoms with Crippen LogP contribution in [0.5, 0.6) is 5.75 Å². The molecule has 7 nitrogen and oxygen atoms in total. The largest absolute Gasteiger partial charge is 0.496 e. The quantitative estimate of drug-likeness (QED) is 0.682. The molecule has 0 saturated heterocycles. The molecule has 0 fully saturated rings. The van der Waals surface area contributed by atoms with Gasteiger partial charge in [0.15, 0.2) is 0 Å². The van der Waals surface area contributed by atoms with Gasteiger partial charge in [0.2, 0.25) is 11.8 Å². The Balaban J connectivity index is 1.77. The molecule has 0 unspecified atom stereocenters. The Hall–Kier alpha value is -3.35. The smallest absolute Gasteiger partial charge is 0.273 e. The van der Waals surface area contributed by atoms with Crippen LogP contribution < -0.4 is 20.9 Å². The number of aryl methyl sites for hydroxylation is 2. The van der Waals surface area contributed by atoms with Gasteiger partial charge in [-0.1, -0.05) is 18.2 Å². The van der Waals surface area contributed by atoms with E-state index >= 15 is 0 Å². The summed E-state index contributed by atoms with van der Waals surface area (Å²) in [6.07, 6.45) is -0.0494. The highest BCUT2D eigenvalue weighted by molar-refractivity contribution is 5.98. The molecule has 142 valence electrons. The highest BCUT2D eigenvalue weighted by Crippen LogP contribution is 2.16. The monoisotopic (exact) mass is 369 g/mol. The number of anilines is 1. The fourth-order valence-corrected chi connectivity index (χ4v) is 2.36. The van der Waals surface area contributed by atoms with E-state index in [0.717, 1.165) is 11.1 Å². The average molecular weight is 369 g/mol. The van der Waals surface area contributed by atoms with Crippen LogP contribution in [0.15, 0.2) is 42.5 Å². The zero-order valence-corrected chi connectivity index (χ0v) is 15.6. The molecular formula is C20H23N3O4. The number of methoxy groups -OCH3 is 1. The maximum absolute atomic E-state index is 12.1. The van der Waals surface area contributed by atoms with Crippen LogP contribution >= 0.6 is 0 Å². The summed E-state index contributed by atoms with van der Waals surface area (Å²) >= 11 is 0. The van der Waals surface area contributed by atoms with E-state index in [2.05, 4.69) is 16.2 Å². The molecule has 0 aromatic heterocycles. The lowest BCUT2D eigenvalue weighted by Crippen LogP contribution is -2.41. The second-order valence-electron chi connectivity index (χ2n) is 6.05. The first-order chi connectivity index (χ1) is 12.9. The van der Waals surface area contributed by atoms with Gasteiger partial charge in [-0.05, 0) is 49.2 Å². The van der Waals surface area contributed by atoms with Crippen molar-refractivity contribution in [2.75, 3.05) is 12.4 Å². The molecule has 0 aliphatic carbocycles. The predicted molar refractivity (Wildman–Crippen MR) is 102 cm³/mol. The van der Waals surface area contributed by atoms with Crippen LogP contribution in [0.2, 0.25) is 0 Å². The number of hydrazine groups is 1. The molecule has 0 saturated carbocycles. The van der Waals surface area contributed by atoms with Gasteiger partial charge in [0.05, 0.1) is 12.7 Å². The molecule has 0 spiro atoms. The number of nitrogens with one attached hydrogen (secondary N) is 3. The molecule has 27 heavy (non-hydrogen) atoms. The maximum atomic E-state index is 12.1. The Morgan fingerprint density at radius 3 is 2.30 bits per heavy atom. The van der Waals surface area contributed by atoms with Gasteiger partial charge in [0.1, 0.15) is 5.75 Å². The third-order valence-electron chi connectivity index (χ3n) is 4.04. The number of benzene rings is 2. The van der Waals surface area contributed by atoms with Gasteiger partial charge in [-0.15, -0.1) is 0 Å². The van der Waals surface area contributed by atoms with Crippen LogP contribution in [0.3, 0.4) is 0 Å². The summed E-state index contributed by atoms with van der Waals surface area (Å²) in [5.41, 5.74) is 7.80. The number of carbonyl (C=O) groups is 3. The van der Waals surface area contributed by atoms with Crippen molar-refractivity contribution in [2.24, 2.45) is 0 Å². The van der Waals surface area contributed by atoms with Crippen molar-refractivity contribution >= 4 is 23.4 Å². The first kappa shape index (κ1) is 20.0. The van der Waals surface area contributed by atoms with Gasteiger partial charge in [-0.2, -0.15) is 0 Å². The Bertz CT molecular complexity index is 849. The first-order valence-corrected chi connectivity index (χ1v) is 8.50. The van der Waals surface area contributed by atoms with E-state index in [1.165, 1.54) is 7.11 Å². The van der Waals surface area contributed by atoms with Gasteiger partial charge in [0.25, 0.3) is 5.91 Å². The molecule has 2 rings (SSSR count). The lowest BCUT2D eigenvalue weighted by Gasteiger charge is -2.10. The second-order valence-corrected chi connectivity index (χ2v) is 6.05. The molecule has 0 bridgehead atoms. The zero-order chi connectivity index (χ0) is 19.8. The molecule has 2 aromatic rings. The minimum Gasteiger partial charge on any atom is -0.496 e. The van der Waals surface area contributed by atoms with Gasteiger partial charge in [-0.3, -0.25) is 25.2 Å². The van der Waals surface area contributed by atoms with Crippen LogP contribution in [-0.4, -0.2) is 24.8 Å². The molecular weight excluding hydrogens is 346 g/mol. The van der Waals surface area contributed by atoms with Crippen LogP contribution in [0.4, 0.5) is 5.69 Å². The fourth-order valence-electron chi connectivity index (χ4n) is 2.36. The SMILES string of the molecule is COc1ccccc1C(=O)NNC(=O)CCC(=O)Nc1ccc(C)c(C)c1. The highest BCUT2D eigenvalue weighted by atomic mass is 16.5. The Morgan fingerprint density at radius 2 is 1.59 bits per heavy atom. The maximum Gasteiger partial charge on any atom is 0.273 e. The molecule has 2 aromatic carbocycles. The number of amides is 3. The third kappa shape index (κ3) is 5.85. The summed E-state index contributed by atoms with van der Waals surface area (Å²) in [6.45, 7) is 3.95. The molecule has 0 radical (unpaired) electrons. The number of hydrogen-bond donors (Lipinski definition) is 3. The van der Waals surface area contributed by atoms with Crippen molar-refractivity contribution in [3.8, 4) is 5.75 Å². The minimum absolute atomic E-state index is 0.00326. The van der Waals surface area contributed by atoms with Gasteiger partial charge >= 0.3 is 0 Å². The summed E-state index contributed by atoms with van der Waals surface area (Å²) in [7, 11) is 1.46. The van der Waals surface area contributed by atoms with Crippen LogP contribution in [-0.2, 0) is 9.59 Å². The number of para-hydroxylation sites is 1. The van der Waals surface area contributed by atoms with E-state index in [1.54, 1.807) is 24.3 Å². The van der Waals surface area contributed by atoms with Gasteiger partial charge < -0.3 is 10.1 Å². The number of carbonyl (C=O) groups excluding carboxylic acids is 3. The summed E-state index contributed by atoms with van der Waals surface area (Å²) in [6, 6.07) is 12.3. The average Bonchev–Trinajstić information content (AvgIpc) is 2.67. The zero-order valence-electron chi connectivity index (χ0n) is 15.6. The standard InChI is InChI=1S/C20H23N3O4/c1-13-8-9-15(12-14(13)2)21-18(24)10-11-19(25)22-23-20(26)16-6-4-5-7-17(16)27-3/h4-9,12H,10-11H2,1-3H3,(H,21,24)(H,22,25)(H,23,26). The van der Waals surface area contributed by atoms with Gasteiger partial charge in [0, 0.05) is 18.5 Å². The fraction of sp³-hybridized carbons (Fsp3) is 0.250. The molecule has 7 heteroatoms. The van der Waals surface area contributed by atoms with E-state index in [9.17, 15) is 14.4 Å². The van der Waals surface area contributed by atoms with E-state index < -0.39 is 11.8 Å². The summed E-state index contributed by atoms with van der Waals surface area (Å²) in [4.78, 5) is 35.9. The van der Waals surface area contributed by atoms with Crippen LogP contribution in [0.1, 0.15) is 34.3 Å². The lowest BCUT2D eigenvalue weighted by molar-refractivity contribution is -0.124. The van der Waals surface area contributed by atoms with Crippen molar-refractivity contribution in [1.29, 1.82) is 0 Å². The molecule has 3 amide bonds. The van der Waals surface area contributed by atoms with E-state index in [-0.39, 0.29) is 18.7 Å². The molecule has 0 heterocycles. The molecule has 0 aliphatic rings. The number of rotatable bonds is 6.